The number of ether oxygens (including phenoxy) is 2. The maximum atomic E-state index is 12.2. The van der Waals surface area contributed by atoms with Crippen molar-refractivity contribution in [3.63, 3.8) is 0 Å². The molecule has 0 aliphatic rings. The fourth-order valence-corrected chi connectivity index (χ4v) is 2.03. The van der Waals surface area contributed by atoms with Crippen molar-refractivity contribution in [2.75, 3.05) is 33.2 Å². The van der Waals surface area contributed by atoms with Crippen molar-refractivity contribution in [3.05, 3.63) is 53.6 Å². The minimum Gasteiger partial charge on any atom is -0.497 e. The molecule has 2 aromatic carbocycles. The second-order valence-electron chi connectivity index (χ2n) is 5.29. The highest BCUT2D eigenvalue weighted by Crippen LogP contribution is 2.22. The molecule has 0 heterocycles. The van der Waals surface area contributed by atoms with Crippen LogP contribution in [-0.2, 0) is 0 Å². The first-order valence-corrected chi connectivity index (χ1v) is 7.37. The van der Waals surface area contributed by atoms with Crippen LogP contribution in [0.15, 0.2) is 47.6 Å². The largest absolute Gasteiger partial charge is 0.497 e. The highest BCUT2D eigenvalue weighted by Gasteiger charge is 2.09. The number of hydrazone groups is 1. The van der Waals surface area contributed by atoms with Gasteiger partial charge in [-0.3, -0.25) is 4.79 Å². The Hall–Kier alpha value is -3.02. The number of rotatable bonds is 6. The van der Waals surface area contributed by atoms with Gasteiger partial charge in [0.05, 0.1) is 20.4 Å². The SMILES string of the molecule is COc1cc(OC)cc(C(=O)N/N=C/c2ccc(N(C)C)cc2)c1. The van der Waals surface area contributed by atoms with E-state index in [1.54, 1.807) is 24.4 Å². The molecule has 2 rings (SSSR count). The van der Waals surface area contributed by atoms with Crippen LogP contribution in [0.25, 0.3) is 0 Å². The van der Waals surface area contributed by atoms with Crippen LogP contribution < -0.4 is 19.8 Å². The summed E-state index contributed by atoms with van der Waals surface area (Å²) in [5, 5.41) is 3.98. The highest BCUT2D eigenvalue weighted by atomic mass is 16.5. The van der Waals surface area contributed by atoms with E-state index in [2.05, 4.69) is 10.5 Å². The van der Waals surface area contributed by atoms with E-state index in [0.717, 1.165) is 11.3 Å². The number of benzene rings is 2. The summed E-state index contributed by atoms with van der Waals surface area (Å²) in [5.74, 6) is 0.749. The minimum atomic E-state index is -0.339. The van der Waals surface area contributed by atoms with Gasteiger partial charge in [0.25, 0.3) is 5.91 Å². The summed E-state index contributed by atoms with van der Waals surface area (Å²) in [6, 6.07) is 12.8. The lowest BCUT2D eigenvalue weighted by Crippen LogP contribution is -2.17. The van der Waals surface area contributed by atoms with Gasteiger partial charge in [-0.2, -0.15) is 5.10 Å². The average molecular weight is 327 g/mol. The molecule has 0 aliphatic heterocycles. The molecule has 0 fully saturated rings. The van der Waals surface area contributed by atoms with Crippen molar-refractivity contribution in [2.45, 2.75) is 0 Å². The highest BCUT2D eigenvalue weighted by molar-refractivity contribution is 5.95. The van der Waals surface area contributed by atoms with Gasteiger partial charge in [-0.15, -0.1) is 0 Å². The second-order valence-corrected chi connectivity index (χ2v) is 5.29. The fraction of sp³-hybridized carbons (Fsp3) is 0.222. The van der Waals surface area contributed by atoms with Gasteiger partial charge in [-0.25, -0.2) is 5.43 Å². The molecule has 0 bridgehead atoms. The van der Waals surface area contributed by atoms with Gasteiger partial charge in [0.2, 0.25) is 0 Å². The van der Waals surface area contributed by atoms with Gasteiger partial charge < -0.3 is 14.4 Å². The fourth-order valence-electron chi connectivity index (χ4n) is 2.03. The van der Waals surface area contributed by atoms with Crippen LogP contribution in [0.3, 0.4) is 0 Å². The summed E-state index contributed by atoms with van der Waals surface area (Å²) in [4.78, 5) is 14.2. The Bertz CT molecular complexity index is 703. The van der Waals surface area contributed by atoms with Crippen molar-refractivity contribution in [2.24, 2.45) is 5.10 Å². The van der Waals surface area contributed by atoms with Crippen LogP contribution in [0.4, 0.5) is 5.69 Å². The number of amides is 1. The molecule has 24 heavy (non-hydrogen) atoms. The van der Waals surface area contributed by atoms with E-state index in [-0.39, 0.29) is 5.91 Å². The first kappa shape index (κ1) is 17.3. The van der Waals surface area contributed by atoms with Crippen LogP contribution >= 0.6 is 0 Å². The van der Waals surface area contributed by atoms with Crippen LogP contribution in [0.1, 0.15) is 15.9 Å². The van der Waals surface area contributed by atoms with E-state index in [1.807, 2.05) is 43.3 Å². The first-order chi connectivity index (χ1) is 11.5. The number of hydrogen-bond acceptors (Lipinski definition) is 5. The normalized spacial score (nSPS) is 10.5. The summed E-state index contributed by atoms with van der Waals surface area (Å²) >= 11 is 0. The molecular formula is C18H21N3O3. The van der Waals surface area contributed by atoms with E-state index >= 15 is 0 Å². The molecule has 126 valence electrons. The molecule has 0 saturated heterocycles. The lowest BCUT2D eigenvalue weighted by atomic mass is 10.2. The molecule has 0 aromatic heterocycles. The third-order valence-electron chi connectivity index (χ3n) is 3.40. The van der Waals surface area contributed by atoms with E-state index < -0.39 is 0 Å². The number of hydrogen-bond donors (Lipinski definition) is 1. The Balaban J connectivity index is 2.04. The van der Waals surface area contributed by atoms with Gasteiger partial charge in [0.15, 0.2) is 0 Å². The van der Waals surface area contributed by atoms with Crippen LogP contribution in [0, 0.1) is 0 Å². The zero-order valence-electron chi connectivity index (χ0n) is 14.2. The Labute approximate surface area is 141 Å². The number of nitrogens with zero attached hydrogens (tertiary/aromatic N) is 2. The van der Waals surface area contributed by atoms with Crippen LogP contribution in [0.5, 0.6) is 11.5 Å². The van der Waals surface area contributed by atoms with Gasteiger partial charge in [0.1, 0.15) is 11.5 Å². The van der Waals surface area contributed by atoms with Crippen LogP contribution in [0.2, 0.25) is 0 Å². The summed E-state index contributed by atoms with van der Waals surface area (Å²) in [6.07, 6.45) is 1.59. The van der Waals surface area contributed by atoms with Gasteiger partial charge in [-0.1, -0.05) is 12.1 Å². The quantitative estimate of drug-likeness (QED) is 0.654. The van der Waals surface area contributed by atoms with Crippen molar-refractivity contribution in [1.29, 1.82) is 0 Å². The number of carbonyl (C=O) groups is 1. The number of carbonyl (C=O) groups excluding carboxylic acids is 1. The molecule has 0 saturated carbocycles. The summed E-state index contributed by atoms with van der Waals surface area (Å²) in [7, 11) is 7.02. The monoisotopic (exact) mass is 327 g/mol. The standard InChI is InChI=1S/C18H21N3O3/c1-21(2)15-7-5-13(6-8-15)12-19-20-18(22)14-9-16(23-3)11-17(10-14)24-4/h5-12H,1-4H3,(H,20,22)/b19-12+. The first-order valence-electron chi connectivity index (χ1n) is 7.37. The third kappa shape index (κ3) is 4.49. The Morgan fingerprint density at radius 3 is 2.12 bits per heavy atom. The van der Waals surface area contributed by atoms with E-state index in [4.69, 9.17) is 9.47 Å². The van der Waals surface area contributed by atoms with Crippen molar-refractivity contribution < 1.29 is 14.3 Å². The molecule has 0 aliphatic carbocycles. The predicted molar refractivity (Wildman–Crippen MR) is 95.4 cm³/mol. The van der Waals surface area contributed by atoms with Crippen molar-refractivity contribution in [1.82, 2.24) is 5.43 Å². The van der Waals surface area contributed by atoms with Crippen molar-refractivity contribution in [3.8, 4) is 11.5 Å². The third-order valence-corrected chi connectivity index (χ3v) is 3.40. The molecule has 6 nitrogen and oxygen atoms in total. The van der Waals surface area contributed by atoms with Gasteiger partial charge in [0, 0.05) is 31.4 Å². The van der Waals surface area contributed by atoms with Crippen molar-refractivity contribution >= 4 is 17.8 Å². The second kappa shape index (κ2) is 8.01. The maximum Gasteiger partial charge on any atom is 0.271 e. The number of nitrogens with one attached hydrogen (secondary N) is 1. The predicted octanol–water partition coefficient (Wildman–Crippen LogP) is 2.53. The molecular weight excluding hydrogens is 306 g/mol. The topological polar surface area (TPSA) is 63.2 Å². The smallest absolute Gasteiger partial charge is 0.271 e. The van der Waals surface area contributed by atoms with Gasteiger partial charge >= 0.3 is 0 Å². The molecule has 2 aromatic rings. The average Bonchev–Trinajstić information content (AvgIpc) is 2.61. The number of anilines is 1. The molecule has 6 heteroatoms. The molecule has 1 amide bonds. The molecule has 1 N–H and O–H groups in total. The van der Waals surface area contributed by atoms with E-state index in [1.165, 1.54) is 14.2 Å². The molecule has 0 radical (unpaired) electrons. The Kier molecular flexibility index (Phi) is 5.78. The molecule has 0 atom stereocenters. The van der Waals surface area contributed by atoms with E-state index in [0.29, 0.717) is 17.1 Å². The number of methoxy groups -OCH3 is 2. The van der Waals surface area contributed by atoms with E-state index in [9.17, 15) is 4.79 Å². The zero-order chi connectivity index (χ0) is 17.5. The molecule has 0 unspecified atom stereocenters. The Morgan fingerprint density at radius 1 is 1.04 bits per heavy atom. The molecule has 0 spiro atoms. The van der Waals surface area contributed by atoms with Gasteiger partial charge in [-0.05, 0) is 29.8 Å². The Morgan fingerprint density at radius 2 is 1.62 bits per heavy atom. The summed E-state index contributed by atoms with van der Waals surface area (Å²) in [5.41, 5.74) is 4.89. The maximum absolute atomic E-state index is 12.2. The summed E-state index contributed by atoms with van der Waals surface area (Å²) in [6.45, 7) is 0. The zero-order valence-corrected chi connectivity index (χ0v) is 14.2. The minimum absolute atomic E-state index is 0.339. The summed E-state index contributed by atoms with van der Waals surface area (Å²) < 4.78 is 10.3. The van der Waals surface area contributed by atoms with Crippen LogP contribution in [-0.4, -0.2) is 40.4 Å². The lowest BCUT2D eigenvalue weighted by molar-refractivity contribution is 0.0954. The lowest BCUT2D eigenvalue weighted by Gasteiger charge is -2.11.